The number of amides is 1. The number of carbonyl (C=O) groups excluding carboxylic acids is 3. The minimum Gasteiger partial charge on any atom is -0.466 e. The molecule has 0 aromatic carbocycles. The van der Waals surface area contributed by atoms with Crippen LogP contribution in [0.15, 0.2) is 25.3 Å². The second kappa shape index (κ2) is 11.0. The van der Waals surface area contributed by atoms with Crippen molar-refractivity contribution in [3.63, 3.8) is 0 Å². The van der Waals surface area contributed by atoms with Crippen LogP contribution in [0, 0.1) is 29.1 Å². The first-order valence-electron chi connectivity index (χ1n) is 12.7. The van der Waals surface area contributed by atoms with Crippen LogP contribution < -0.4 is 0 Å². The molecular weight excluding hydrogens is 416 g/mol. The summed E-state index contributed by atoms with van der Waals surface area (Å²) in [5, 5.41) is 0. The Labute approximate surface area is 199 Å². The average molecular weight is 459 g/mol. The van der Waals surface area contributed by atoms with Crippen LogP contribution in [0.2, 0.25) is 0 Å². The highest BCUT2D eigenvalue weighted by Crippen LogP contribution is 2.57. The Morgan fingerprint density at radius 1 is 1.15 bits per heavy atom. The number of likely N-dealkylation sites (tertiary alicyclic amines) is 2. The van der Waals surface area contributed by atoms with Gasteiger partial charge in [0.25, 0.3) is 0 Å². The normalized spacial score (nSPS) is 31.7. The third-order valence-corrected chi connectivity index (χ3v) is 8.02. The van der Waals surface area contributed by atoms with Crippen molar-refractivity contribution in [2.75, 3.05) is 33.3 Å². The average Bonchev–Trinajstić information content (AvgIpc) is 3.22. The summed E-state index contributed by atoms with van der Waals surface area (Å²) >= 11 is 0. The van der Waals surface area contributed by atoms with Gasteiger partial charge in [-0.2, -0.15) is 0 Å². The quantitative estimate of drug-likeness (QED) is 0.238. The molecule has 33 heavy (non-hydrogen) atoms. The maximum atomic E-state index is 13.7. The molecule has 2 saturated heterocycles. The Morgan fingerprint density at radius 2 is 1.91 bits per heavy atom. The molecule has 0 bridgehead atoms. The molecule has 2 heterocycles. The Hall–Kier alpha value is -1.95. The number of carbonyl (C=O) groups is 3. The SMILES string of the molecule is C=CCCCCC[C@H](C)C(=O)N1C[C@@H]2CN(C)C[C@@H]2[C@H]1C(=O)C[C@]1(C(=O)OCC)CC1C=C. The third-order valence-electron chi connectivity index (χ3n) is 8.02. The van der Waals surface area contributed by atoms with Gasteiger partial charge >= 0.3 is 5.97 Å². The van der Waals surface area contributed by atoms with Crippen LogP contribution in [-0.4, -0.2) is 66.8 Å². The zero-order valence-corrected chi connectivity index (χ0v) is 20.8. The van der Waals surface area contributed by atoms with Crippen molar-refractivity contribution in [1.82, 2.24) is 9.80 Å². The molecule has 184 valence electrons. The molecule has 1 amide bonds. The summed E-state index contributed by atoms with van der Waals surface area (Å²) in [5.41, 5.74) is -0.789. The molecular formula is C27H42N2O4. The van der Waals surface area contributed by atoms with Crippen molar-refractivity contribution in [2.45, 2.75) is 64.8 Å². The van der Waals surface area contributed by atoms with Gasteiger partial charge in [-0.3, -0.25) is 14.4 Å². The van der Waals surface area contributed by atoms with Crippen LogP contribution in [0.3, 0.4) is 0 Å². The van der Waals surface area contributed by atoms with Crippen molar-refractivity contribution in [1.29, 1.82) is 0 Å². The largest absolute Gasteiger partial charge is 0.466 e. The molecule has 3 aliphatic rings. The summed E-state index contributed by atoms with van der Waals surface area (Å²) in [6.45, 7) is 14.1. The summed E-state index contributed by atoms with van der Waals surface area (Å²) in [5.74, 6) is 0.153. The van der Waals surface area contributed by atoms with Gasteiger partial charge in [0.1, 0.15) is 0 Å². The molecule has 1 saturated carbocycles. The van der Waals surface area contributed by atoms with Crippen LogP contribution in [0.25, 0.3) is 0 Å². The molecule has 0 N–H and O–H groups in total. The van der Waals surface area contributed by atoms with Crippen LogP contribution in [0.5, 0.6) is 0 Å². The zero-order valence-electron chi connectivity index (χ0n) is 20.8. The highest BCUT2D eigenvalue weighted by Gasteiger charge is 2.62. The van der Waals surface area contributed by atoms with E-state index in [4.69, 9.17) is 4.74 Å². The van der Waals surface area contributed by atoms with Crippen molar-refractivity contribution in [3.05, 3.63) is 25.3 Å². The lowest BCUT2D eigenvalue weighted by Gasteiger charge is -2.31. The van der Waals surface area contributed by atoms with E-state index < -0.39 is 11.5 Å². The number of esters is 1. The van der Waals surface area contributed by atoms with E-state index in [0.29, 0.717) is 25.5 Å². The van der Waals surface area contributed by atoms with E-state index in [0.717, 1.165) is 45.2 Å². The summed E-state index contributed by atoms with van der Waals surface area (Å²) in [6.07, 6.45) is 9.50. The maximum Gasteiger partial charge on any atom is 0.313 e. The second-order valence-electron chi connectivity index (χ2n) is 10.5. The third kappa shape index (κ3) is 5.42. The van der Waals surface area contributed by atoms with Gasteiger partial charge < -0.3 is 14.5 Å². The van der Waals surface area contributed by atoms with E-state index in [2.05, 4.69) is 25.1 Å². The summed E-state index contributed by atoms with van der Waals surface area (Å²) in [6, 6.07) is -0.437. The molecule has 6 heteroatoms. The minimum atomic E-state index is -0.789. The molecule has 3 fully saturated rings. The number of fused-ring (bicyclic) bond motifs is 1. The van der Waals surface area contributed by atoms with Crippen molar-refractivity contribution in [3.8, 4) is 0 Å². The molecule has 3 rings (SSSR count). The topological polar surface area (TPSA) is 66.9 Å². The molecule has 0 aromatic rings. The van der Waals surface area contributed by atoms with E-state index in [9.17, 15) is 14.4 Å². The number of ether oxygens (including phenoxy) is 1. The summed E-state index contributed by atoms with van der Waals surface area (Å²) in [4.78, 5) is 44.0. The fourth-order valence-electron chi connectivity index (χ4n) is 6.07. The van der Waals surface area contributed by atoms with Gasteiger partial charge in [0.15, 0.2) is 5.78 Å². The van der Waals surface area contributed by atoms with E-state index in [1.165, 1.54) is 0 Å². The van der Waals surface area contributed by atoms with Gasteiger partial charge in [-0.05, 0) is 51.5 Å². The molecule has 1 aliphatic carbocycles. The van der Waals surface area contributed by atoms with E-state index in [1.807, 2.05) is 17.9 Å². The number of nitrogens with zero attached hydrogens (tertiary/aromatic N) is 2. The van der Waals surface area contributed by atoms with E-state index in [1.54, 1.807) is 13.0 Å². The number of Topliss-reactive ketones (excluding diaryl/α,β-unsaturated/α-hetero) is 1. The Morgan fingerprint density at radius 3 is 2.55 bits per heavy atom. The van der Waals surface area contributed by atoms with Gasteiger partial charge in [0.05, 0.1) is 18.1 Å². The molecule has 0 aromatic heterocycles. The van der Waals surface area contributed by atoms with Gasteiger partial charge in [0.2, 0.25) is 5.91 Å². The van der Waals surface area contributed by atoms with E-state index >= 15 is 0 Å². The maximum absolute atomic E-state index is 13.7. The van der Waals surface area contributed by atoms with Gasteiger partial charge in [0, 0.05) is 37.9 Å². The number of hydrogen-bond donors (Lipinski definition) is 0. The van der Waals surface area contributed by atoms with Gasteiger partial charge in [-0.15, -0.1) is 13.2 Å². The summed E-state index contributed by atoms with van der Waals surface area (Å²) < 4.78 is 5.32. The first-order chi connectivity index (χ1) is 15.8. The number of allylic oxidation sites excluding steroid dienone is 2. The Kier molecular flexibility index (Phi) is 8.54. The lowest BCUT2D eigenvalue weighted by atomic mass is 9.86. The minimum absolute atomic E-state index is 0.0155. The lowest BCUT2D eigenvalue weighted by Crippen LogP contribution is -2.48. The number of ketones is 1. The number of unbranched alkanes of at least 4 members (excludes halogenated alkanes) is 3. The second-order valence-corrected chi connectivity index (χ2v) is 10.5. The van der Waals surface area contributed by atoms with Crippen LogP contribution in [-0.2, 0) is 19.1 Å². The van der Waals surface area contributed by atoms with Crippen molar-refractivity contribution < 1.29 is 19.1 Å². The molecule has 0 spiro atoms. The predicted molar refractivity (Wildman–Crippen MR) is 129 cm³/mol. The van der Waals surface area contributed by atoms with Gasteiger partial charge in [-0.25, -0.2) is 0 Å². The number of rotatable bonds is 13. The number of hydrogen-bond acceptors (Lipinski definition) is 5. The molecule has 1 unspecified atom stereocenters. The molecule has 6 atom stereocenters. The van der Waals surface area contributed by atoms with Crippen molar-refractivity contribution in [2.24, 2.45) is 29.1 Å². The standard InChI is InChI=1S/C27H42N2O4/c1-6-9-10-11-12-13-19(4)25(31)29-17-20-16-28(5)18-22(20)24(29)23(30)15-27(14-21(27)7-2)26(32)33-8-3/h6-7,19-22,24H,1-2,8-18H2,3-5H3/t19-,20-,21?,22-,24-,27+/m0/s1. The first kappa shape index (κ1) is 25.7. The zero-order chi connectivity index (χ0) is 24.2. The monoisotopic (exact) mass is 458 g/mol. The molecule has 2 aliphatic heterocycles. The fourth-order valence-corrected chi connectivity index (χ4v) is 6.07. The first-order valence-corrected chi connectivity index (χ1v) is 12.7. The summed E-state index contributed by atoms with van der Waals surface area (Å²) in [7, 11) is 2.08. The lowest BCUT2D eigenvalue weighted by molar-refractivity contribution is -0.152. The van der Waals surface area contributed by atoms with Crippen LogP contribution in [0.4, 0.5) is 0 Å². The molecule has 0 radical (unpaired) electrons. The smallest absolute Gasteiger partial charge is 0.313 e. The fraction of sp³-hybridized carbons (Fsp3) is 0.741. The Balaban J connectivity index is 1.71. The Bertz CT molecular complexity index is 765. The van der Waals surface area contributed by atoms with Crippen LogP contribution >= 0.6 is 0 Å². The molecule has 6 nitrogen and oxygen atoms in total. The highest BCUT2D eigenvalue weighted by atomic mass is 16.5. The van der Waals surface area contributed by atoms with Gasteiger partial charge in [-0.1, -0.05) is 31.9 Å². The van der Waals surface area contributed by atoms with Crippen LogP contribution in [0.1, 0.15) is 58.8 Å². The highest BCUT2D eigenvalue weighted by molar-refractivity contribution is 5.95. The predicted octanol–water partition coefficient (Wildman–Crippen LogP) is 3.86. The van der Waals surface area contributed by atoms with Crippen molar-refractivity contribution >= 4 is 17.7 Å². The van der Waals surface area contributed by atoms with E-state index in [-0.39, 0.29) is 41.8 Å².